The van der Waals surface area contributed by atoms with E-state index in [0.29, 0.717) is 0 Å². The van der Waals surface area contributed by atoms with Crippen molar-refractivity contribution in [1.82, 2.24) is 13.3 Å². The fraction of sp³-hybridized carbons (Fsp3) is 0.0323. The number of ether oxygens (including phenoxy) is 2. The fourth-order valence-corrected chi connectivity index (χ4v) is 10.1. The smallest absolute Gasteiger partial charge is 0.129 e. The number of aromatic nitrogens is 3. The number of anilines is 3. The number of fused-ring (bicyclic) bond motifs is 4. The number of hydrogen-bond donors (Lipinski definition) is 0. The van der Waals surface area contributed by atoms with E-state index < -0.39 is 0 Å². The van der Waals surface area contributed by atoms with Gasteiger partial charge in [0.25, 0.3) is 0 Å². The number of methoxy groups -OCH3 is 2. The van der Waals surface area contributed by atoms with Crippen LogP contribution in [0, 0.1) is 0 Å². The summed E-state index contributed by atoms with van der Waals surface area (Å²) in [5.74, 6) is 1.67. The molecule has 0 amide bonds. The van der Waals surface area contributed by atoms with Gasteiger partial charge in [0, 0.05) is 33.4 Å². The van der Waals surface area contributed by atoms with E-state index in [2.05, 4.69) is 216 Å². The van der Waals surface area contributed by atoms with Crippen LogP contribution in [0.4, 0.5) is 17.1 Å². The van der Waals surface area contributed by atoms with Gasteiger partial charge >= 0.3 is 0 Å². The molecule has 0 aliphatic carbocycles. The molecule has 0 saturated carbocycles. The van der Waals surface area contributed by atoms with Crippen molar-refractivity contribution in [3.8, 4) is 72.8 Å². The van der Waals surface area contributed by atoms with Crippen LogP contribution in [0.15, 0.2) is 231 Å². The van der Waals surface area contributed by atoms with Crippen molar-refractivity contribution in [2.24, 2.45) is 0 Å². The molecule has 69 heavy (non-hydrogen) atoms. The van der Waals surface area contributed by atoms with E-state index in [1.165, 1.54) is 33.6 Å². The molecule has 0 saturated heterocycles. The van der Waals surface area contributed by atoms with Gasteiger partial charge in [-0.15, -0.1) is 0 Å². The molecule has 2 heterocycles. The highest BCUT2D eigenvalue weighted by molar-refractivity contribution is 7.00. The van der Waals surface area contributed by atoms with Gasteiger partial charge in [0.2, 0.25) is 0 Å². The van der Waals surface area contributed by atoms with Crippen molar-refractivity contribution in [3.63, 3.8) is 0 Å². The zero-order valence-corrected chi connectivity index (χ0v) is 38.8. The van der Waals surface area contributed by atoms with Crippen LogP contribution in [-0.4, -0.2) is 27.5 Å². The maximum atomic E-state index is 5.47. The van der Waals surface area contributed by atoms with Crippen LogP contribution in [0.3, 0.4) is 0 Å². The quantitative estimate of drug-likeness (QED) is 0.129. The van der Waals surface area contributed by atoms with Crippen molar-refractivity contribution in [2.45, 2.75) is 0 Å². The van der Waals surface area contributed by atoms with Gasteiger partial charge in [0.15, 0.2) is 0 Å². The Labute approximate surface area is 404 Å². The Morgan fingerprint density at radius 2 is 0.783 bits per heavy atom. The summed E-state index contributed by atoms with van der Waals surface area (Å²) < 4.78 is 23.2. The summed E-state index contributed by atoms with van der Waals surface area (Å²) in [7, 11) is 3.40. The van der Waals surface area contributed by atoms with Crippen LogP contribution < -0.4 is 14.4 Å². The van der Waals surface area contributed by atoms with Gasteiger partial charge in [0.05, 0.1) is 42.7 Å². The molecule has 0 spiro atoms. The molecule has 330 valence electrons. The number of rotatable bonds is 11. The van der Waals surface area contributed by atoms with Crippen LogP contribution >= 0.6 is 11.7 Å². The Hall–Kier alpha value is -8.78. The second-order valence-electron chi connectivity index (χ2n) is 17.1. The molecule has 0 bridgehead atoms. The van der Waals surface area contributed by atoms with E-state index in [1.54, 1.807) is 14.2 Å². The predicted molar refractivity (Wildman–Crippen MR) is 287 cm³/mol. The van der Waals surface area contributed by atoms with Crippen LogP contribution in [-0.2, 0) is 0 Å². The molecule has 0 fully saturated rings. The first-order valence-corrected chi connectivity index (χ1v) is 23.7. The third-order valence-electron chi connectivity index (χ3n) is 13.1. The van der Waals surface area contributed by atoms with Gasteiger partial charge in [-0.25, -0.2) is 0 Å². The summed E-state index contributed by atoms with van der Waals surface area (Å²) in [6.45, 7) is 0. The topological polar surface area (TPSA) is 52.4 Å². The van der Waals surface area contributed by atoms with Crippen LogP contribution in [0.5, 0.6) is 11.5 Å². The van der Waals surface area contributed by atoms with Crippen molar-refractivity contribution in [3.05, 3.63) is 231 Å². The third-order valence-corrected chi connectivity index (χ3v) is 13.7. The van der Waals surface area contributed by atoms with Crippen LogP contribution in [0.25, 0.3) is 94.2 Å². The highest BCUT2D eigenvalue weighted by atomic mass is 32.1. The minimum Gasteiger partial charge on any atom is -0.497 e. The third kappa shape index (κ3) is 7.75. The molecule has 2 aromatic heterocycles. The molecule has 0 atom stereocenters. The van der Waals surface area contributed by atoms with E-state index in [-0.39, 0.29) is 0 Å². The summed E-state index contributed by atoms with van der Waals surface area (Å²) in [5, 5.41) is 2.36. The molecule has 7 heteroatoms. The molecule has 12 aromatic rings. The predicted octanol–water partition coefficient (Wildman–Crippen LogP) is 16.6. The molecule has 0 aliphatic heterocycles. The molecular formula is C62H44N4O2S. The summed E-state index contributed by atoms with van der Waals surface area (Å²) in [5.41, 5.74) is 19.4. The average molecular weight is 909 g/mol. The average Bonchev–Trinajstić information content (AvgIpc) is 4.06. The minimum atomic E-state index is 0.837. The molecule has 0 radical (unpaired) electrons. The molecule has 0 aliphatic rings. The largest absolute Gasteiger partial charge is 0.497 e. The normalized spacial score (nSPS) is 11.3. The van der Waals surface area contributed by atoms with E-state index in [0.717, 1.165) is 101 Å². The SMILES string of the molecule is COc1ccc(-c2ccc3c(c2)c2cc(-c4ccc(OC)cc4)ccc2n3-c2ccc(-c3ccc(N(c4ccc(-c5ccccc5)cc4)c4ccc(-c5ccccc5)cc4)c4nsnc34)cc2)cc1. The summed E-state index contributed by atoms with van der Waals surface area (Å²) in [4.78, 5) is 2.29. The van der Waals surface area contributed by atoms with Gasteiger partial charge in [-0.2, -0.15) is 8.75 Å². The van der Waals surface area contributed by atoms with Crippen LogP contribution in [0.1, 0.15) is 0 Å². The highest BCUT2D eigenvalue weighted by Crippen LogP contribution is 2.43. The van der Waals surface area contributed by atoms with Gasteiger partial charge in [-0.05, 0) is 147 Å². The van der Waals surface area contributed by atoms with Gasteiger partial charge in [0.1, 0.15) is 22.5 Å². The lowest BCUT2D eigenvalue weighted by Gasteiger charge is -2.26. The zero-order valence-electron chi connectivity index (χ0n) is 38.0. The monoisotopic (exact) mass is 908 g/mol. The molecule has 0 unspecified atom stereocenters. The maximum absolute atomic E-state index is 5.47. The van der Waals surface area contributed by atoms with Crippen molar-refractivity contribution in [2.75, 3.05) is 19.1 Å². The van der Waals surface area contributed by atoms with Gasteiger partial charge < -0.3 is 18.9 Å². The second kappa shape index (κ2) is 17.8. The molecule has 0 N–H and O–H groups in total. The molecule has 10 aromatic carbocycles. The molecule has 6 nitrogen and oxygen atoms in total. The summed E-state index contributed by atoms with van der Waals surface area (Å²) in [6.07, 6.45) is 0. The number of hydrogen-bond acceptors (Lipinski definition) is 6. The molecular weight excluding hydrogens is 865 g/mol. The Morgan fingerprint density at radius 1 is 0.377 bits per heavy atom. The highest BCUT2D eigenvalue weighted by Gasteiger charge is 2.21. The zero-order chi connectivity index (χ0) is 46.3. The van der Waals surface area contributed by atoms with Gasteiger partial charge in [-0.1, -0.05) is 133 Å². The summed E-state index contributed by atoms with van der Waals surface area (Å²) >= 11 is 1.25. The fourth-order valence-electron chi connectivity index (χ4n) is 9.58. The second-order valence-corrected chi connectivity index (χ2v) is 17.6. The Balaban J connectivity index is 0.936. The lowest BCUT2D eigenvalue weighted by Crippen LogP contribution is -2.10. The van der Waals surface area contributed by atoms with E-state index in [1.807, 2.05) is 24.3 Å². The first kappa shape index (κ1) is 41.6. The molecule has 12 rings (SSSR count). The lowest BCUT2D eigenvalue weighted by molar-refractivity contribution is 0.415. The van der Waals surface area contributed by atoms with E-state index in [4.69, 9.17) is 18.2 Å². The Bertz CT molecular complexity index is 3570. The first-order valence-electron chi connectivity index (χ1n) is 22.9. The van der Waals surface area contributed by atoms with Crippen LogP contribution in [0.2, 0.25) is 0 Å². The Kier molecular flexibility index (Phi) is 10.7. The lowest BCUT2D eigenvalue weighted by atomic mass is 10.00. The first-order chi connectivity index (χ1) is 34.1. The van der Waals surface area contributed by atoms with Gasteiger partial charge in [-0.3, -0.25) is 0 Å². The standard InChI is InChI=1S/C62H44N4O2S/c1-67-53-31-19-45(20-32-53)48-23-36-58-56(39-48)57-40-49(46-21-33-54(68-2)34-22-46)24-37-59(57)66(58)52-29-17-47(18-30-52)55-35-38-60(62-61(55)63-69-64-62)65(50-25-13-43(14-26-50)41-9-5-3-6-10-41)51-27-15-44(16-28-51)42-11-7-4-8-12-42/h3-40H,1-2H3. The minimum absolute atomic E-state index is 0.837. The number of benzene rings is 10. The number of nitrogens with zero attached hydrogens (tertiary/aromatic N) is 4. The van der Waals surface area contributed by atoms with E-state index >= 15 is 0 Å². The maximum Gasteiger partial charge on any atom is 0.129 e. The van der Waals surface area contributed by atoms with E-state index in [9.17, 15) is 0 Å². The van der Waals surface area contributed by atoms with Crippen molar-refractivity contribution >= 4 is 61.6 Å². The van der Waals surface area contributed by atoms with Crippen molar-refractivity contribution < 1.29 is 9.47 Å². The Morgan fingerprint density at radius 3 is 1.26 bits per heavy atom. The summed E-state index contributed by atoms with van der Waals surface area (Å²) in [6, 6.07) is 81.9. The van der Waals surface area contributed by atoms with Crippen molar-refractivity contribution in [1.29, 1.82) is 0 Å².